The van der Waals surface area contributed by atoms with E-state index in [-0.39, 0.29) is 75.4 Å². The smallest absolute Gasteiger partial charge is 0.416 e. The molecule has 0 saturated heterocycles. The van der Waals surface area contributed by atoms with Gasteiger partial charge in [0.1, 0.15) is 5.69 Å². The summed E-state index contributed by atoms with van der Waals surface area (Å²) in [5.74, 6) is -7.36. The van der Waals surface area contributed by atoms with Gasteiger partial charge in [0.2, 0.25) is 11.5 Å². The van der Waals surface area contributed by atoms with Crippen LogP contribution >= 0.6 is 0 Å². The van der Waals surface area contributed by atoms with Crippen molar-refractivity contribution in [1.29, 1.82) is 0 Å². The Balaban J connectivity index is 1.01. The van der Waals surface area contributed by atoms with Crippen molar-refractivity contribution in [3.63, 3.8) is 0 Å². The van der Waals surface area contributed by atoms with Gasteiger partial charge in [-0.1, -0.05) is 140 Å². The molecule has 0 amide bonds. The second-order valence-corrected chi connectivity index (χ2v) is 15.7. The average Bonchev–Trinajstić information content (AvgIpc) is 4.12. The summed E-state index contributed by atoms with van der Waals surface area (Å²) in [6.07, 6.45) is -4.52. The quantitative estimate of drug-likeness (QED) is 0.0888. The molecular formula is C53H35F3N2O10. The molecule has 10 rings (SSSR count). The number of nitrogens with zero attached hydrogens (tertiary/aromatic N) is 1. The van der Waals surface area contributed by atoms with Crippen molar-refractivity contribution < 1.29 is 61.1 Å². The molecule has 7 aromatic carbocycles. The molecule has 0 atom stereocenters. The first kappa shape index (κ1) is 43.1. The predicted molar refractivity (Wildman–Crippen MR) is 237 cm³/mol. The Morgan fingerprint density at radius 3 is 1.47 bits per heavy atom. The lowest BCUT2D eigenvalue weighted by Crippen LogP contribution is -2.36. The number of carboxylic acids is 1. The number of alkyl halides is 3. The number of ether oxygens (including phenoxy) is 6. The number of aromatic carboxylic acids is 1. The number of hydrogen-bond acceptors (Lipinski definition) is 10. The van der Waals surface area contributed by atoms with Gasteiger partial charge in [-0.05, 0) is 54.8 Å². The molecule has 0 saturated carbocycles. The van der Waals surface area contributed by atoms with Crippen molar-refractivity contribution in [1.82, 2.24) is 10.2 Å². The van der Waals surface area contributed by atoms with Crippen molar-refractivity contribution in [2.24, 2.45) is 0 Å². The molecule has 0 radical (unpaired) electrons. The third-order valence-corrected chi connectivity index (χ3v) is 11.4. The fourth-order valence-corrected chi connectivity index (χ4v) is 8.16. The van der Waals surface area contributed by atoms with E-state index >= 15 is 0 Å². The number of rotatable bonds is 12. The van der Waals surface area contributed by atoms with Gasteiger partial charge in [0.25, 0.3) is 0 Å². The number of H-pyrrole nitrogens is 1. The number of aryl methyl sites for hydroxylation is 2. The molecule has 0 unspecified atom stereocenters. The highest BCUT2D eigenvalue weighted by molar-refractivity contribution is 5.96. The lowest BCUT2D eigenvalue weighted by molar-refractivity contribution is -0.138. The molecular weight excluding hydrogens is 882 g/mol. The molecule has 2 N–H and O–H groups in total. The zero-order valence-electron chi connectivity index (χ0n) is 35.4. The second-order valence-electron chi connectivity index (χ2n) is 15.7. The molecule has 8 aromatic rings. The van der Waals surface area contributed by atoms with Crippen LogP contribution in [0.25, 0.3) is 0 Å². The summed E-state index contributed by atoms with van der Waals surface area (Å²) in [6.45, 7) is 0. The zero-order chi connectivity index (χ0) is 47.0. The fraction of sp³-hybridized carbons (Fsp3) is 0.0943. The molecule has 0 fully saturated rings. The maximum absolute atomic E-state index is 14.5. The third-order valence-electron chi connectivity index (χ3n) is 11.4. The van der Waals surface area contributed by atoms with Crippen LogP contribution in [-0.2, 0) is 30.6 Å². The van der Waals surface area contributed by atoms with E-state index in [9.17, 15) is 32.7 Å². The Morgan fingerprint density at radius 2 is 0.985 bits per heavy atom. The minimum atomic E-state index is -4.55. The van der Waals surface area contributed by atoms with Crippen LogP contribution in [0.5, 0.6) is 34.5 Å². The van der Waals surface area contributed by atoms with E-state index in [0.717, 1.165) is 12.1 Å². The number of carbonyl (C=O) groups excluding carboxylic acids is 2. The van der Waals surface area contributed by atoms with Gasteiger partial charge in [-0.15, -0.1) is 0 Å². The molecule has 2 aliphatic heterocycles. The third kappa shape index (κ3) is 7.99. The lowest BCUT2D eigenvalue weighted by Gasteiger charge is -2.28. The van der Waals surface area contributed by atoms with Gasteiger partial charge in [0.05, 0.1) is 22.4 Å². The Hall–Kier alpha value is -8.85. The van der Waals surface area contributed by atoms with E-state index in [2.05, 4.69) is 10.2 Å². The topological polar surface area (TPSA) is 156 Å². The number of hydrogen-bond donors (Lipinski definition) is 2. The van der Waals surface area contributed by atoms with Crippen LogP contribution < -0.4 is 28.4 Å². The monoisotopic (exact) mass is 916 g/mol. The molecule has 0 spiro atoms. The van der Waals surface area contributed by atoms with Crippen LogP contribution in [0.4, 0.5) is 13.2 Å². The molecule has 0 aliphatic carbocycles. The second kappa shape index (κ2) is 17.2. The fourth-order valence-electron chi connectivity index (χ4n) is 8.16. The van der Waals surface area contributed by atoms with Gasteiger partial charge in [-0.2, -0.15) is 18.3 Å². The number of halogens is 3. The van der Waals surface area contributed by atoms with E-state index in [4.69, 9.17) is 28.4 Å². The molecule has 3 heterocycles. The maximum Gasteiger partial charge on any atom is 0.416 e. The first-order valence-corrected chi connectivity index (χ1v) is 21.1. The number of aromatic amines is 1. The molecule has 68 heavy (non-hydrogen) atoms. The number of carboxylic acid groups (broad SMARTS) is 1. The Bertz CT molecular complexity index is 3120. The van der Waals surface area contributed by atoms with Crippen LogP contribution in [0.3, 0.4) is 0 Å². The predicted octanol–water partition coefficient (Wildman–Crippen LogP) is 10.7. The van der Waals surface area contributed by atoms with Crippen LogP contribution in [0.2, 0.25) is 0 Å². The van der Waals surface area contributed by atoms with Crippen molar-refractivity contribution >= 4 is 17.9 Å². The lowest BCUT2D eigenvalue weighted by atomic mass is 9.97. The van der Waals surface area contributed by atoms with E-state index < -0.39 is 41.2 Å². The number of aromatic nitrogens is 2. The molecule has 2 aliphatic rings. The summed E-state index contributed by atoms with van der Waals surface area (Å²) in [5, 5.41) is 16.9. The van der Waals surface area contributed by atoms with Crippen molar-refractivity contribution in [2.45, 2.75) is 30.6 Å². The zero-order valence-corrected chi connectivity index (χ0v) is 35.4. The highest BCUT2D eigenvalue weighted by atomic mass is 19.4. The Kier molecular flexibility index (Phi) is 10.9. The van der Waals surface area contributed by atoms with Gasteiger partial charge in [-0.3, -0.25) is 5.10 Å². The summed E-state index contributed by atoms with van der Waals surface area (Å²) in [6, 6.07) is 47.4. The normalized spacial score (nSPS) is 14.0. The van der Waals surface area contributed by atoms with Crippen molar-refractivity contribution in [3.8, 4) is 34.5 Å². The number of fused-ring (bicyclic) bond motifs is 2. The van der Waals surface area contributed by atoms with E-state index in [0.29, 0.717) is 22.3 Å². The van der Waals surface area contributed by atoms with E-state index in [1.807, 2.05) is 24.3 Å². The van der Waals surface area contributed by atoms with Crippen LogP contribution in [-0.4, -0.2) is 33.2 Å². The maximum atomic E-state index is 14.5. The molecule has 15 heteroatoms. The van der Waals surface area contributed by atoms with Crippen molar-refractivity contribution in [3.05, 3.63) is 232 Å². The standard InChI is InChI=1S/C53H35F3N2O10/c54-53(55,56)40-24-14-13-15-32(40)25-26-39-31-41(58-57-39)50(62)64-43-29-34(30-45-47(43)68-52(66-45,37-20-9-3-10-21-37)38-22-11-4-12-23-38)49(61)63-42-27-33(48(59)60)28-44-46(42)67-51(65-44,35-16-5-1-6-17-35)36-18-7-2-8-19-36/h1-24,27-31H,25-26H2,(H,57,58)(H,59,60). The minimum Gasteiger partial charge on any atom is -0.478 e. The first-order chi connectivity index (χ1) is 32.9. The summed E-state index contributed by atoms with van der Waals surface area (Å²) >= 11 is 0. The highest BCUT2D eigenvalue weighted by Crippen LogP contribution is 2.55. The number of benzene rings is 7. The summed E-state index contributed by atoms with van der Waals surface area (Å²) in [7, 11) is 0. The van der Waals surface area contributed by atoms with Gasteiger partial charge in [0.15, 0.2) is 23.0 Å². The number of esters is 2. The number of nitrogens with one attached hydrogen (secondary N) is 1. The number of carbonyl (C=O) groups is 3. The first-order valence-electron chi connectivity index (χ1n) is 21.1. The van der Waals surface area contributed by atoms with E-state index in [1.54, 1.807) is 97.1 Å². The molecule has 0 bridgehead atoms. The van der Waals surface area contributed by atoms with Crippen LogP contribution in [0.1, 0.15) is 70.3 Å². The van der Waals surface area contributed by atoms with Gasteiger partial charge in [-0.25, -0.2) is 14.4 Å². The van der Waals surface area contributed by atoms with Gasteiger partial charge < -0.3 is 33.5 Å². The van der Waals surface area contributed by atoms with Crippen LogP contribution in [0.15, 0.2) is 176 Å². The Labute approximate surface area is 385 Å². The van der Waals surface area contributed by atoms with Crippen LogP contribution in [0, 0.1) is 0 Å². The average molecular weight is 917 g/mol. The molecule has 338 valence electrons. The van der Waals surface area contributed by atoms with E-state index in [1.165, 1.54) is 42.5 Å². The highest BCUT2D eigenvalue weighted by Gasteiger charge is 2.49. The Morgan fingerprint density at radius 1 is 0.544 bits per heavy atom. The minimum absolute atomic E-state index is 0.0142. The van der Waals surface area contributed by atoms with Crippen molar-refractivity contribution in [2.75, 3.05) is 0 Å². The molecule has 1 aromatic heterocycles. The summed E-state index contributed by atoms with van der Waals surface area (Å²) in [5.41, 5.74) is 1.17. The van der Waals surface area contributed by atoms with Gasteiger partial charge >= 0.3 is 35.7 Å². The SMILES string of the molecule is O=C(O)c1cc(OC(=O)c2cc(OC(=O)c3cc(CCc4ccccc4C(F)(F)F)n[nH]3)c3c(c2)OC(c2ccccc2)(c2ccccc2)O3)c2c(c1)OC(c1ccccc1)(c1ccccc1)O2. The molecule has 12 nitrogen and oxygen atoms in total. The summed E-state index contributed by atoms with van der Waals surface area (Å²) < 4.78 is 79.4. The summed E-state index contributed by atoms with van der Waals surface area (Å²) in [4.78, 5) is 40.9. The largest absolute Gasteiger partial charge is 0.478 e. The van der Waals surface area contributed by atoms with Gasteiger partial charge in [0, 0.05) is 22.3 Å².